The van der Waals surface area contributed by atoms with E-state index in [-0.39, 0.29) is 0 Å². The van der Waals surface area contributed by atoms with Crippen LogP contribution in [0, 0.1) is 10.7 Å². The number of nitrogens with zero attached hydrogens (tertiary/aromatic N) is 1. The normalized spacial score (nSPS) is 24.1. The maximum absolute atomic E-state index is 8.45. The number of thiocyanates is 1. The number of allylic oxidation sites excluding steroid dienone is 2. The summed E-state index contributed by atoms with van der Waals surface area (Å²) in [5.41, 5.74) is 0. The molecular formula is C9H13NS. The SMILES string of the molecule is N#CS/C1=C/CCCCCC1. The maximum Gasteiger partial charge on any atom is 0.138 e. The Labute approximate surface area is 72.5 Å². The third-order valence-electron chi connectivity index (χ3n) is 1.93. The molecule has 0 saturated heterocycles. The van der Waals surface area contributed by atoms with Gasteiger partial charge >= 0.3 is 0 Å². The fourth-order valence-corrected chi connectivity index (χ4v) is 1.88. The van der Waals surface area contributed by atoms with Crippen molar-refractivity contribution in [2.45, 2.75) is 38.5 Å². The molecule has 0 bridgehead atoms. The van der Waals surface area contributed by atoms with Crippen LogP contribution in [0.3, 0.4) is 0 Å². The Morgan fingerprint density at radius 3 is 2.91 bits per heavy atom. The molecule has 0 amide bonds. The number of hydrogen-bond donors (Lipinski definition) is 0. The summed E-state index contributed by atoms with van der Waals surface area (Å²) in [6.07, 6.45) is 9.79. The van der Waals surface area contributed by atoms with E-state index in [0.717, 1.165) is 6.42 Å². The van der Waals surface area contributed by atoms with Crippen molar-refractivity contribution in [3.05, 3.63) is 11.0 Å². The van der Waals surface area contributed by atoms with Crippen LogP contribution in [-0.4, -0.2) is 0 Å². The molecule has 11 heavy (non-hydrogen) atoms. The Balaban J connectivity index is 2.40. The molecule has 0 aromatic rings. The van der Waals surface area contributed by atoms with Gasteiger partial charge in [-0.05, 0) is 42.4 Å². The average molecular weight is 167 g/mol. The highest BCUT2D eigenvalue weighted by Gasteiger charge is 2.01. The molecule has 0 saturated carbocycles. The van der Waals surface area contributed by atoms with Crippen molar-refractivity contribution >= 4 is 11.8 Å². The molecule has 0 fully saturated rings. The molecule has 0 radical (unpaired) electrons. The molecule has 0 aromatic heterocycles. The van der Waals surface area contributed by atoms with Crippen molar-refractivity contribution in [2.75, 3.05) is 0 Å². The Morgan fingerprint density at radius 2 is 2.09 bits per heavy atom. The van der Waals surface area contributed by atoms with Gasteiger partial charge in [-0.25, -0.2) is 0 Å². The highest BCUT2D eigenvalue weighted by atomic mass is 32.2. The maximum atomic E-state index is 8.45. The summed E-state index contributed by atoms with van der Waals surface area (Å²) in [5, 5.41) is 10.6. The van der Waals surface area contributed by atoms with Crippen molar-refractivity contribution < 1.29 is 0 Å². The number of rotatable bonds is 1. The van der Waals surface area contributed by atoms with Crippen LogP contribution in [0.5, 0.6) is 0 Å². The van der Waals surface area contributed by atoms with Gasteiger partial charge < -0.3 is 0 Å². The molecule has 0 spiro atoms. The average Bonchev–Trinajstić information content (AvgIpc) is 1.94. The number of hydrogen-bond acceptors (Lipinski definition) is 2. The van der Waals surface area contributed by atoms with Crippen LogP contribution in [0.1, 0.15) is 38.5 Å². The van der Waals surface area contributed by atoms with E-state index < -0.39 is 0 Å². The molecule has 1 nitrogen and oxygen atoms in total. The molecule has 1 aliphatic rings. The minimum absolute atomic E-state index is 1.12. The molecule has 0 heterocycles. The van der Waals surface area contributed by atoms with Gasteiger partial charge in [-0.1, -0.05) is 18.9 Å². The van der Waals surface area contributed by atoms with Crippen LogP contribution < -0.4 is 0 Å². The Kier molecular flexibility index (Phi) is 4.15. The van der Waals surface area contributed by atoms with Crippen LogP contribution >= 0.6 is 11.8 Å². The largest absolute Gasteiger partial charge is 0.185 e. The summed E-state index contributed by atoms with van der Waals surface area (Å²) in [6, 6.07) is 0. The molecule has 0 aliphatic heterocycles. The van der Waals surface area contributed by atoms with Crippen LogP contribution in [-0.2, 0) is 0 Å². The summed E-state index contributed by atoms with van der Waals surface area (Å²) < 4.78 is 0. The van der Waals surface area contributed by atoms with Gasteiger partial charge in [-0.15, -0.1) is 0 Å². The number of thioether (sulfide) groups is 1. The van der Waals surface area contributed by atoms with Gasteiger partial charge in [0.2, 0.25) is 0 Å². The fourth-order valence-electron chi connectivity index (χ4n) is 1.31. The zero-order valence-corrected chi connectivity index (χ0v) is 7.49. The molecule has 60 valence electrons. The monoisotopic (exact) mass is 167 g/mol. The van der Waals surface area contributed by atoms with E-state index >= 15 is 0 Å². The quantitative estimate of drug-likeness (QED) is 0.558. The second-order valence-corrected chi connectivity index (χ2v) is 3.73. The van der Waals surface area contributed by atoms with Crippen molar-refractivity contribution in [3.63, 3.8) is 0 Å². The molecule has 0 atom stereocenters. The lowest BCUT2D eigenvalue weighted by molar-refractivity contribution is 0.635. The summed E-state index contributed by atoms with van der Waals surface area (Å²) in [6.45, 7) is 0. The lowest BCUT2D eigenvalue weighted by atomic mass is 10.1. The zero-order valence-electron chi connectivity index (χ0n) is 6.68. The van der Waals surface area contributed by atoms with E-state index in [2.05, 4.69) is 11.5 Å². The molecule has 1 rings (SSSR count). The molecule has 1 aliphatic carbocycles. The van der Waals surface area contributed by atoms with Gasteiger partial charge in [0.05, 0.1) is 0 Å². The van der Waals surface area contributed by atoms with Crippen LogP contribution in [0.4, 0.5) is 0 Å². The Hall–Kier alpha value is -0.420. The predicted molar refractivity (Wildman–Crippen MR) is 49.0 cm³/mol. The zero-order chi connectivity index (χ0) is 7.94. The van der Waals surface area contributed by atoms with Crippen molar-refractivity contribution in [3.8, 4) is 5.40 Å². The van der Waals surface area contributed by atoms with Gasteiger partial charge in [0.15, 0.2) is 0 Å². The van der Waals surface area contributed by atoms with E-state index in [1.807, 2.05) is 0 Å². The molecular weight excluding hydrogens is 154 g/mol. The van der Waals surface area contributed by atoms with E-state index in [1.54, 1.807) is 0 Å². The molecule has 0 unspecified atom stereocenters. The van der Waals surface area contributed by atoms with Crippen molar-refractivity contribution in [2.24, 2.45) is 0 Å². The van der Waals surface area contributed by atoms with Crippen LogP contribution in [0.25, 0.3) is 0 Å². The minimum Gasteiger partial charge on any atom is -0.185 e. The van der Waals surface area contributed by atoms with Crippen LogP contribution in [0.2, 0.25) is 0 Å². The Morgan fingerprint density at radius 1 is 1.27 bits per heavy atom. The van der Waals surface area contributed by atoms with Gasteiger partial charge in [0.1, 0.15) is 5.40 Å². The predicted octanol–water partition coefficient (Wildman–Crippen LogP) is 3.44. The smallest absolute Gasteiger partial charge is 0.138 e. The second kappa shape index (κ2) is 5.26. The van der Waals surface area contributed by atoms with E-state index in [9.17, 15) is 0 Å². The van der Waals surface area contributed by atoms with Crippen LogP contribution in [0.15, 0.2) is 11.0 Å². The lowest BCUT2D eigenvalue weighted by Gasteiger charge is -2.06. The number of nitriles is 1. The first-order valence-corrected chi connectivity index (χ1v) is 5.00. The van der Waals surface area contributed by atoms with Crippen molar-refractivity contribution in [1.29, 1.82) is 5.26 Å². The van der Waals surface area contributed by atoms with Gasteiger partial charge in [-0.3, -0.25) is 0 Å². The van der Waals surface area contributed by atoms with E-state index in [1.165, 1.54) is 48.8 Å². The second-order valence-electron chi connectivity index (χ2n) is 2.82. The van der Waals surface area contributed by atoms with E-state index in [0.29, 0.717) is 0 Å². The summed E-state index contributed by atoms with van der Waals surface area (Å²) >= 11 is 1.34. The molecule has 0 aromatic carbocycles. The topological polar surface area (TPSA) is 23.8 Å². The lowest BCUT2D eigenvalue weighted by Crippen LogP contribution is -1.85. The molecule has 2 heteroatoms. The fraction of sp³-hybridized carbons (Fsp3) is 0.667. The minimum atomic E-state index is 1.12. The first-order chi connectivity index (χ1) is 5.43. The summed E-state index contributed by atoms with van der Waals surface area (Å²) in [7, 11) is 0. The first kappa shape index (κ1) is 8.67. The summed E-state index contributed by atoms with van der Waals surface area (Å²) in [4.78, 5) is 1.28. The highest BCUT2D eigenvalue weighted by Crippen LogP contribution is 2.24. The van der Waals surface area contributed by atoms with Gasteiger partial charge in [0, 0.05) is 0 Å². The molecule has 0 N–H and O–H groups in total. The third kappa shape index (κ3) is 3.48. The Bertz CT molecular complexity index is 178. The van der Waals surface area contributed by atoms with E-state index in [4.69, 9.17) is 5.26 Å². The first-order valence-electron chi connectivity index (χ1n) is 4.18. The van der Waals surface area contributed by atoms with Crippen molar-refractivity contribution in [1.82, 2.24) is 0 Å². The van der Waals surface area contributed by atoms with Gasteiger partial charge in [-0.2, -0.15) is 5.26 Å². The summed E-state index contributed by atoms with van der Waals surface area (Å²) in [5.74, 6) is 0. The highest BCUT2D eigenvalue weighted by molar-refractivity contribution is 8.07. The standard InChI is InChI=1S/C9H13NS/c10-8-11-9-6-4-2-1-3-5-7-9/h6H,1-5,7H2/b9-6+. The van der Waals surface area contributed by atoms with Gasteiger partial charge in [0.25, 0.3) is 0 Å². The third-order valence-corrected chi connectivity index (χ3v) is 2.65.